The Morgan fingerprint density at radius 2 is 2.37 bits per heavy atom. The molecule has 2 saturated heterocycles. The molecule has 0 radical (unpaired) electrons. The van der Waals surface area contributed by atoms with E-state index < -0.39 is 0 Å². The van der Waals surface area contributed by atoms with Gasteiger partial charge in [0.15, 0.2) is 5.82 Å². The van der Waals surface area contributed by atoms with Gasteiger partial charge in [0.25, 0.3) is 0 Å². The van der Waals surface area contributed by atoms with Crippen LogP contribution in [0.25, 0.3) is 0 Å². The standard InChI is InChI=1S/C13H21N3OS2/c1-2-10(8-14-5-1)3-4-12-15-13(16-17-12)11-9-18-6-7-19-11/h10-11,14H,1-9H2. The van der Waals surface area contributed by atoms with E-state index in [-0.39, 0.29) is 0 Å². The summed E-state index contributed by atoms with van der Waals surface area (Å²) in [6.45, 7) is 2.33. The van der Waals surface area contributed by atoms with E-state index in [9.17, 15) is 0 Å². The lowest BCUT2D eigenvalue weighted by Crippen LogP contribution is -2.29. The normalized spacial score (nSPS) is 28.4. The second-order valence-electron chi connectivity index (χ2n) is 5.23. The second-order valence-corrected chi connectivity index (χ2v) is 7.69. The van der Waals surface area contributed by atoms with Gasteiger partial charge in [-0.25, -0.2) is 0 Å². The van der Waals surface area contributed by atoms with Gasteiger partial charge in [-0.1, -0.05) is 5.16 Å². The van der Waals surface area contributed by atoms with Crippen molar-refractivity contribution in [1.82, 2.24) is 15.5 Å². The van der Waals surface area contributed by atoms with Crippen molar-refractivity contribution in [2.75, 3.05) is 30.3 Å². The van der Waals surface area contributed by atoms with Crippen LogP contribution in [0.15, 0.2) is 4.52 Å². The van der Waals surface area contributed by atoms with Crippen LogP contribution in [0.4, 0.5) is 0 Å². The summed E-state index contributed by atoms with van der Waals surface area (Å²) in [7, 11) is 0. The summed E-state index contributed by atoms with van der Waals surface area (Å²) in [6.07, 6.45) is 4.74. The number of aromatic nitrogens is 2. The molecule has 3 rings (SSSR count). The molecule has 0 aliphatic carbocycles. The van der Waals surface area contributed by atoms with Crippen LogP contribution in [-0.4, -0.2) is 40.5 Å². The lowest BCUT2D eigenvalue weighted by atomic mass is 9.95. The Morgan fingerprint density at radius 3 is 3.16 bits per heavy atom. The first-order valence-corrected chi connectivity index (χ1v) is 9.35. The molecule has 2 unspecified atom stereocenters. The van der Waals surface area contributed by atoms with Crippen LogP contribution in [0.3, 0.4) is 0 Å². The fourth-order valence-electron chi connectivity index (χ4n) is 2.64. The summed E-state index contributed by atoms with van der Waals surface area (Å²) in [5, 5.41) is 8.06. The number of piperidine rings is 1. The monoisotopic (exact) mass is 299 g/mol. The Labute approximate surface area is 122 Å². The molecule has 1 N–H and O–H groups in total. The van der Waals surface area contributed by atoms with Crippen molar-refractivity contribution in [1.29, 1.82) is 0 Å². The Morgan fingerprint density at radius 1 is 1.37 bits per heavy atom. The van der Waals surface area contributed by atoms with Crippen LogP contribution in [0.1, 0.15) is 36.2 Å². The van der Waals surface area contributed by atoms with Crippen molar-refractivity contribution in [3.05, 3.63) is 11.7 Å². The summed E-state index contributed by atoms with van der Waals surface area (Å²) < 4.78 is 5.40. The molecule has 2 fully saturated rings. The maximum Gasteiger partial charge on any atom is 0.226 e. The van der Waals surface area contributed by atoms with Gasteiger partial charge in [0, 0.05) is 23.7 Å². The molecule has 0 bridgehead atoms. The number of rotatable bonds is 4. The minimum Gasteiger partial charge on any atom is -0.339 e. The zero-order chi connectivity index (χ0) is 12.9. The van der Waals surface area contributed by atoms with E-state index in [0.29, 0.717) is 5.25 Å². The van der Waals surface area contributed by atoms with Gasteiger partial charge in [-0.05, 0) is 38.3 Å². The van der Waals surface area contributed by atoms with E-state index in [1.165, 1.54) is 37.3 Å². The molecule has 6 heteroatoms. The molecule has 4 nitrogen and oxygen atoms in total. The molecule has 3 heterocycles. The molecule has 106 valence electrons. The van der Waals surface area contributed by atoms with E-state index in [1.807, 2.05) is 23.5 Å². The van der Waals surface area contributed by atoms with E-state index in [2.05, 4.69) is 15.5 Å². The Kier molecular flexibility index (Phi) is 5.07. The molecule has 0 saturated carbocycles. The fourth-order valence-corrected chi connectivity index (χ4v) is 5.22. The minimum absolute atomic E-state index is 0.438. The first-order chi connectivity index (χ1) is 9.42. The van der Waals surface area contributed by atoms with Crippen molar-refractivity contribution in [2.45, 2.75) is 30.9 Å². The maximum atomic E-state index is 5.40. The summed E-state index contributed by atoms with van der Waals surface area (Å²) in [6, 6.07) is 0. The van der Waals surface area contributed by atoms with Crippen molar-refractivity contribution < 1.29 is 4.52 Å². The third-order valence-corrected chi connectivity index (χ3v) is 6.50. The van der Waals surface area contributed by atoms with Crippen LogP contribution in [-0.2, 0) is 6.42 Å². The van der Waals surface area contributed by atoms with E-state index in [4.69, 9.17) is 4.52 Å². The Hall–Kier alpha value is -0.200. The predicted molar refractivity (Wildman–Crippen MR) is 80.7 cm³/mol. The van der Waals surface area contributed by atoms with Gasteiger partial charge >= 0.3 is 0 Å². The summed E-state index contributed by atoms with van der Waals surface area (Å²) in [4.78, 5) is 4.59. The molecule has 0 amide bonds. The average molecular weight is 299 g/mol. The van der Waals surface area contributed by atoms with Crippen LogP contribution in [0, 0.1) is 5.92 Å². The number of aryl methyl sites for hydroxylation is 1. The Bertz CT molecular complexity index is 387. The lowest BCUT2D eigenvalue weighted by Gasteiger charge is -2.21. The zero-order valence-corrected chi connectivity index (χ0v) is 12.8. The molecule has 1 aromatic heterocycles. The first-order valence-electron chi connectivity index (χ1n) is 7.14. The van der Waals surface area contributed by atoms with Gasteiger partial charge < -0.3 is 9.84 Å². The third-order valence-electron chi connectivity index (χ3n) is 3.75. The van der Waals surface area contributed by atoms with Crippen molar-refractivity contribution in [2.24, 2.45) is 5.92 Å². The molecule has 1 aromatic rings. The molecular weight excluding hydrogens is 278 g/mol. The average Bonchev–Trinajstić information content (AvgIpc) is 2.96. The van der Waals surface area contributed by atoms with Gasteiger partial charge in [0.2, 0.25) is 5.89 Å². The van der Waals surface area contributed by atoms with Crippen LogP contribution in [0.5, 0.6) is 0 Å². The summed E-state index contributed by atoms with van der Waals surface area (Å²) in [5.74, 6) is 6.10. The maximum absolute atomic E-state index is 5.40. The largest absolute Gasteiger partial charge is 0.339 e. The van der Waals surface area contributed by atoms with Crippen LogP contribution < -0.4 is 5.32 Å². The highest BCUT2D eigenvalue weighted by Gasteiger charge is 2.22. The molecular formula is C13H21N3OS2. The SMILES string of the molecule is C1CNCC(CCc2nc(C3CSCCS3)no2)C1. The Balaban J connectivity index is 1.49. The predicted octanol–water partition coefficient (Wildman–Crippen LogP) is 2.52. The molecule has 0 spiro atoms. The number of nitrogens with one attached hydrogen (secondary N) is 1. The first kappa shape index (κ1) is 13.8. The summed E-state index contributed by atoms with van der Waals surface area (Å²) >= 11 is 3.95. The van der Waals surface area contributed by atoms with Crippen molar-refractivity contribution in [3.8, 4) is 0 Å². The zero-order valence-electron chi connectivity index (χ0n) is 11.1. The number of thioether (sulfide) groups is 2. The lowest BCUT2D eigenvalue weighted by molar-refractivity contribution is 0.326. The number of nitrogens with zero attached hydrogens (tertiary/aromatic N) is 2. The smallest absolute Gasteiger partial charge is 0.226 e. The van der Waals surface area contributed by atoms with E-state index >= 15 is 0 Å². The highest BCUT2D eigenvalue weighted by Crippen LogP contribution is 2.35. The van der Waals surface area contributed by atoms with E-state index in [0.717, 1.165) is 36.4 Å². The molecule has 2 aliphatic heterocycles. The molecule has 0 aromatic carbocycles. The fraction of sp³-hybridized carbons (Fsp3) is 0.846. The minimum atomic E-state index is 0.438. The molecule has 2 aliphatic rings. The summed E-state index contributed by atoms with van der Waals surface area (Å²) in [5.41, 5.74) is 0. The van der Waals surface area contributed by atoms with Gasteiger partial charge in [-0.15, -0.1) is 11.8 Å². The van der Waals surface area contributed by atoms with Gasteiger partial charge in [-0.3, -0.25) is 0 Å². The van der Waals surface area contributed by atoms with Crippen LogP contribution >= 0.6 is 23.5 Å². The highest BCUT2D eigenvalue weighted by molar-refractivity contribution is 8.06. The van der Waals surface area contributed by atoms with Gasteiger partial charge in [0.1, 0.15) is 0 Å². The van der Waals surface area contributed by atoms with Crippen LogP contribution in [0.2, 0.25) is 0 Å². The van der Waals surface area contributed by atoms with Gasteiger partial charge in [-0.2, -0.15) is 16.7 Å². The second kappa shape index (κ2) is 6.99. The van der Waals surface area contributed by atoms with Crippen molar-refractivity contribution in [3.63, 3.8) is 0 Å². The highest BCUT2D eigenvalue weighted by atomic mass is 32.2. The third kappa shape index (κ3) is 3.89. The molecule has 19 heavy (non-hydrogen) atoms. The topological polar surface area (TPSA) is 51.0 Å². The number of hydrogen-bond donors (Lipinski definition) is 1. The van der Waals surface area contributed by atoms with Gasteiger partial charge in [0.05, 0.1) is 5.25 Å². The quantitative estimate of drug-likeness (QED) is 0.922. The van der Waals surface area contributed by atoms with E-state index in [1.54, 1.807) is 0 Å². The van der Waals surface area contributed by atoms with Crippen molar-refractivity contribution >= 4 is 23.5 Å². The number of hydrogen-bond acceptors (Lipinski definition) is 6. The molecule has 2 atom stereocenters.